The third-order valence-corrected chi connectivity index (χ3v) is 14.8. The first-order valence-corrected chi connectivity index (χ1v) is 34.7. The van der Waals surface area contributed by atoms with E-state index in [0.29, 0.717) is 44.9 Å². The second kappa shape index (κ2) is 39.1. The summed E-state index contributed by atoms with van der Waals surface area (Å²) >= 11 is 0. The molecule has 0 aliphatic heterocycles. The van der Waals surface area contributed by atoms with Crippen molar-refractivity contribution in [1.29, 1.82) is 0 Å². The molecular formula is C56H60B8F12O20S4-4. The maximum atomic E-state index is 13.0. The molecule has 16 radical (unpaired) electrons. The molecule has 0 aromatic heterocycles. The summed E-state index contributed by atoms with van der Waals surface area (Å²) in [5.74, 6) is -7.07. The third kappa shape index (κ3) is 33.9. The molecular weight excluding hydrogens is 1440 g/mol. The van der Waals surface area contributed by atoms with Gasteiger partial charge in [-0.05, 0) is 128 Å². The van der Waals surface area contributed by atoms with Crippen molar-refractivity contribution in [3.8, 4) is 46.0 Å². The summed E-state index contributed by atoms with van der Waals surface area (Å²) in [7, 11) is 24.0. The molecule has 4 aromatic carbocycles. The Kier molecular flexibility index (Phi) is 36.0. The zero-order valence-corrected chi connectivity index (χ0v) is 57.0. The first kappa shape index (κ1) is 92.1. The van der Waals surface area contributed by atoms with Crippen molar-refractivity contribution in [2.45, 2.75) is 146 Å². The van der Waals surface area contributed by atoms with Crippen LogP contribution in [0, 0.1) is 0 Å². The molecule has 0 spiro atoms. The van der Waals surface area contributed by atoms with Crippen molar-refractivity contribution in [3.63, 3.8) is 0 Å². The summed E-state index contributed by atoms with van der Waals surface area (Å²) in [4.78, 5) is 0. The summed E-state index contributed by atoms with van der Waals surface area (Å²) in [6.45, 7) is 15.8. The van der Waals surface area contributed by atoms with Gasteiger partial charge in [0.05, 0.1) is 139 Å². The number of rotatable bonds is 32. The van der Waals surface area contributed by atoms with Crippen molar-refractivity contribution in [1.82, 2.24) is 0 Å². The highest BCUT2D eigenvalue weighted by molar-refractivity contribution is 7.86. The van der Waals surface area contributed by atoms with Gasteiger partial charge >= 0.3 is 24.7 Å². The van der Waals surface area contributed by atoms with Crippen molar-refractivity contribution >= 4 is 103 Å². The largest absolute Gasteiger partial charge is 0.748 e. The molecule has 20 nitrogen and oxygen atoms in total. The van der Waals surface area contributed by atoms with Crippen LogP contribution >= 0.6 is 0 Å². The molecule has 0 amide bonds. The lowest BCUT2D eigenvalue weighted by molar-refractivity contribution is -0.188. The minimum atomic E-state index is -5.16. The van der Waals surface area contributed by atoms with Gasteiger partial charge in [-0.1, -0.05) is 69.8 Å². The van der Waals surface area contributed by atoms with E-state index in [9.17, 15) is 105 Å². The highest BCUT2D eigenvalue weighted by atomic mass is 32.2. The normalized spacial score (nSPS) is 13.6. The number of benzene rings is 4. The van der Waals surface area contributed by atoms with Crippen LogP contribution in [0.2, 0.25) is 0 Å². The molecule has 0 fully saturated rings. The van der Waals surface area contributed by atoms with Gasteiger partial charge in [0.2, 0.25) is 24.4 Å². The van der Waals surface area contributed by atoms with Crippen molar-refractivity contribution in [2.75, 3.05) is 29.6 Å². The van der Waals surface area contributed by atoms with E-state index >= 15 is 0 Å². The molecule has 4 unspecified atom stereocenters. The highest BCUT2D eigenvalue weighted by Gasteiger charge is 2.46. The Balaban J connectivity index is 0.000000667. The third-order valence-electron chi connectivity index (χ3n) is 11.9. The van der Waals surface area contributed by atoms with E-state index in [1.807, 2.05) is 0 Å². The summed E-state index contributed by atoms with van der Waals surface area (Å²) in [6, 6.07) is 9.46. The topological polar surface area (TPSA) is 303 Å². The molecule has 0 heterocycles. The maximum absolute atomic E-state index is 13.0. The Labute approximate surface area is 583 Å². The smallest absolute Gasteiger partial charge is 0.426 e. The number of halogens is 12. The van der Waals surface area contributed by atoms with E-state index < -0.39 is 118 Å². The van der Waals surface area contributed by atoms with Crippen LogP contribution in [-0.2, 0) is 91.0 Å². The number of hydrogen-bond acceptors (Lipinski definition) is 20. The van der Waals surface area contributed by atoms with Gasteiger partial charge in [0.25, 0.3) is 0 Å². The van der Waals surface area contributed by atoms with Crippen molar-refractivity contribution < 1.29 is 142 Å². The quantitative estimate of drug-likeness (QED) is 0.0164. The van der Waals surface area contributed by atoms with Crippen LogP contribution in [-0.4, -0.2) is 205 Å². The SMILES string of the molecule is [B]Cc1cc(OC(CS(=O)(=O)[O-])C(F)(F)F)cc(C[B])c1OC(C)(C)C.[B]Cc1cc(OC(CS(=O)(=O)[O-])C(F)(F)F)cc(C[B])c1OC(C)C.[B]Cc1cc(OC(CS(=O)(=O)[O-])C(F)(F)F)cc(C[B])c1OC=C.[B]Cc1cc(OC(CS(=O)(=O)[O-])C(F)(F)F)cc(C[B])c1OCC=C. The van der Waals surface area contributed by atoms with Crippen LogP contribution in [0.5, 0.6) is 46.0 Å². The second-order valence-corrected chi connectivity index (χ2v) is 27.5. The van der Waals surface area contributed by atoms with Crippen molar-refractivity contribution in [3.05, 3.63) is 119 Å². The van der Waals surface area contributed by atoms with E-state index in [1.165, 1.54) is 42.5 Å². The minimum Gasteiger partial charge on any atom is -0.748 e. The average Bonchev–Trinajstić information content (AvgIpc) is 0.823. The molecule has 0 bridgehead atoms. The predicted molar refractivity (Wildman–Crippen MR) is 344 cm³/mol. The first-order valence-electron chi connectivity index (χ1n) is 28.3. The van der Waals surface area contributed by atoms with E-state index in [4.69, 9.17) is 95.9 Å². The Hall–Kier alpha value is -5.92. The van der Waals surface area contributed by atoms with E-state index in [-0.39, 0.29) is 109 Å². The molecule has 0 aliphatic rings. The predicted octanol–water partition coefficient (Wildman–Crippen LogP) is 6.57. The van der Waals surface area contributed by atoms with Gasteiger partial charge in [0.15, 0.2) is 0 Å². The fourth-order valence-electron chi connectivity index (χ4n) is 7.94. The molecule has 4 aromatic rings. The van der Waals surface area contributed by atoms with Gasteiger partial charge < -0.3 is 56.1 Å². The molecule has 4 rings (SSSR count). The zero-order valence-electron chi connectivity index (χ0n) is 53.7. The molecule has 0 aliphatic carbocycles. The lowest BCUT2D eigenvalue weighted by atomic mass is 9.89. The fraction of sp³-hybridized carbons (Fsp3) is 0.500. The van der Waals surface area contributed by atoms with Crippen LogP contribution in [0.25, 0.3) is 0 Å². The molecule has 0 saturated carbocycles. The van der Waals surface area contributed by atoms with Gasteiger partial charge in [-0.3, -0.25) is 0 Å². The van der Waals surface area contributed by atoms with E-state index in [0.717, 1.165) is 18.4 Å². The standard InChI is InChI=1S/C15H19B2F3O5S.C14H17B2F3O5S.C14H15B2F3O5S.C13H13B2F3O5S/c1-14(2,3)25-13-9(6-16)4-11(5-10(13)7-17)24-12(15(18,19)20)8-26(21,22)23;1-8(2)23-13-9(5-15)3-11(4-10(13)6-16)24-12(14(17,18)19)7-25(20,21)22;1-2-3-23-13-9(6-15)4-11(5-10(13)7-16)24-12(14(17,18)19)8-25(20,21)22;1-2-22-12-8(5-14)3-10(4-9(12)6-15)23-11(13(16,17)18)7-24(19,20)21/h4-5,12H,6-8H2,1-3H3,(H,21,22,23);3-4,8,12H,5-7H2,1-2H3,(H,20,21,22);2,4-5,12H,1,3,6-8H2,(H,20,21,22);2-4,11H,1,5-7H2,(H,19,20,21)/p-4. The van der Waals surface area contributed by atoms with E-state index in [1.54, 1.807) is 34.6 Å². The Morgan fingerprint density at radius 3 is 0.790 bits per heavy atom. The van der Waals surface area contributed by atoms with Gasteiger partial charge in [-0.2, -0.15) is 52.7 Å². The fourth-order valence-corrected chi connectivity index (χ4v) is 10.5. The first-order chi connectivity index (χ1) is 45.6. The Morgan fingerprint density at radius 2 is 0.610 bits per heavy atom. The molecule has 540 valence electrons. The lowest BCUT2D eigenvalue weighted by Crippen LogP contribution is -2.40. The van der Waals surface area contributed by atoms with Crippen LogP contribution in [0.3, 0.4) is 0 Å². The van der Waals surface area contributed by atoms with E-state index in [2.05, 4.69) is 17.9 Å². The lowest BCUT2D eigenvalue weighted by Gasteiger charge is -2.27. The van der Waals surface area contributed by atoms with Crippen LogP contribution in [0.4, 0.5) is 52.7 Å². The van der Waals surface area contributed by atoms with Gasteiger partial charge in [-0.15, -0.1) is 0 Å². The molecule has 4 atom stereocenters. The summed E-state index contributed by atoms with van der Waals surface area (Å²) in [5, 5.41) is 0. The maximum Gasteiger partial charge on any atom is 0.426 e. The molecule has 0 N–H and O–H groups in total. The van der Waals surface area contributed by atoms with Gasteiger partial charge in [0.1, 0.15) is 58.2 Å². The minimum absolute atomic E-state index is 0.0667. The molecule has 100 heavy (non-hydrogen) atoms. The monoisotopic (exact) mass is 1500 g/mol. The zero-order chi connectivity index (χ0) is 77.5. The molecule has 0 saturated heterocycles. The number of alkyl halides is 12. The van der Waals surface area contributed by atoms with Crippen LogP contribution < -0.4 is 37.9 Å². The number of ether oxygens (including phenoxy) is 8. The second-order valence-electron chi connectivity index (χ2n) is 21.7. The van der Waals surface area contributed by atoms with Gasteiger partial charge in [0, 0.05) is 0 Å². The summed E-state index contributed by atoms with van der Waals surface area (Å²) in [6.07, 6.45) is -29.8. The van der Waals surface area contributed by atoms with Crippen LogP contribution in [0.1, 0.15) is 79.1 Å². The Morgan fingerprint density at radius 1 is 0.390 bits per heavy atom. The molecule has 44 heteroatoms. The Bertz CT molecular complexity index is 3690. The van der Waals surface area contributed by atoms with Crippen LogP contribution in [0.15, 0.2) is 74.0 Å². The summed E-state index contributed by atoms with van der Waals surface area (Å²) in [5.41, 5.74) is 1.93. The highest BCUT2D eigenvalue weighted by Crippen LogP contribution is 2.39. The van der Waals surface area contributed by atoms with Crippen molar-refractivity contribution in [2.24, 2.45) is 0 Å². The summed E-state index contributed by atoms with van der Waals surface area (Å²) < 4.78 is 324. The number of hydrogen-bond donors (Lipinski definition) is 0. The average molecular weight is 1500 g/mol. The van der Waals surface area contributed by atoms with Gasteiger partial charge in [-0.25, -0.2) is 33.7 Å².